The fourth-order valence-electron chi connectivity index (χ4n) is 3.73. The van der Waals surface area contributed by atoms with Crippen LogP contribution in [0.1, 0.15) is 48.3 Å². The van der Waals surface area contributed by atoms with Crippen molar-refractivity contribution in [1.29, 1.82) is 0 Å². The number of aromatic nitrogens is 5. The lowest BCUT2D eigenvalue weighted by Crippen LogP contribution is -2.28. The van der Waals surface area contributed by atoms with Gasteiger partial charge in [-0.25, -0.2) is 14.5 Å². The highest BCUT2D eigenvalue weighted by Gasteiger charge is 2.28. The Morgan fingerprint density at radius 1 is 1.17 bits per heavy atom. The Hall–Kier alpha value is -4.06. The number of aliphatic hydroxyl groups is 1. The van der Waals surface area contributed by atoms with Crippen LogP contribution in [0.4, 0.5) is 10.6 Å². The van der Waals surface area contributed by atoms with Crippen LogP contribution in [0.15, 0.2) is 30.3 Å². The summed E-state index contributed by atoms with van der Waals surface area (Å²) in [4.78, 5) is 31.5. The van der Waals surface area contributed by atoms with Crippen LogP contribution in [0.25, 0.3) is 11.5 Å². The Labute approximate surface area is 201 Å². The number of pyridine rings is 1. The van der Waals surface area contributed by atoms with Gasteiger partial charge in [0.2, 0.25) is 5.82 Å². The molecular formula is C23H27N7O5. The molecule has 0 fully saturated rings. The van der Waals surface area contributed by atoms with Gasteiger partial charge < -0.3 is 19.9 Å². The molecule has 0 radical (unpaired) electrons. The van der Waals surface area contributed by atoms with Crippen LogP contribution in [0.2, 0.25) is 0 Å². The summed E-state index contributed by atoms with van der Waals surface area (Å²) in [6, 6.07) is 8.23. The summed E-state index contributed by atoms with van der Waals surface area (Å²) in [5.74, 6) is 0.632. The van der Waals surface area contributed by atoms with Crippen LogP contribution >= 0.6 is 0 Å². The number of carbonyl (C=O) groups excluding carboxylic acids is 2. The number of anilines is 1. The van der Waals surface area contributed by atoms with Crippen molar-refractivity contribution in [2.45, 2.75) is 46.0 Å². The van der Waals surface area contributed by atoms with Gasteiger partial charge >= 0.3 is 6.09 Å². The van der Waals surface area contributed by atoms with E-state index in [4.69, 9.17) is 9.47 Å². The summed E-state index contributed by atoms with van der Waals surface area (Å²) in [5.41, 5.74) is 2.49. The minimum Gasteiger partial charge on any atom is -0.496 e. The lowest BCUT2D eigenvalue weighted by Gasteiger charge is -2.17. The van der Waals surface area contributed by atoms with Crippen LogP contribution < -0.4 is 10.1 Å². The van der Waals surface area contributed by atoms with Crippen molar-refractivity contribution in [2.75, 3.05) is 19.0 Å². The molecule has 3 aromatic rings. The number of aliphatic hydroxyl groups excluding tert-OH is 1. The predicted octanol–water partition coefficient (Wildman–Crippen LogP) is 2.41. The first kappa shape index (κ1) is 24.1. The molecule has 2 amide bonds. The summed E-state index contributed by atoms with van der Waals surface area (Å²) in [6.07, 6.45) is -0.623. The lowest BCUT2D eigenvalue weighted by atomic mass is 10.0. The third-order valence-electron chi connectivity index (χ3n) is 5.48. The van der Waals surface area contributed by atoms with E-state index in [1.165, 1.54) is 11.8 Å². The van der Waals surface area contributed by atoms with Crippen LogP contribution in [0.3, 0.4) is 0 Å². The molecule has 12 heteroatoms. The van der Waals surface area contributed by atoms with Gasteiger partial charge in [0.1, 0.15) is 17.3 Å². The van der Waals surface area contributed by atoms with Crippen LogP contribution in [-0.4, -0.2) is 67.0 Å². The highest BCUT2D eigenvalue weighted by atomic mass is 16.6. The number of fused-ring (bicyclic) bond motifs is 1. The molecule has 1 aliphatic rings. The van der Waals surface area contributed by atoms with Crippen molar-refractivity contribution >= 4 is 17.8 Å². The quantitative estimate of drug-likeness (QED) is 0.519. The highest BCUT2D eigenvalue weighted by Crippen LogP contribution is 2.31. The summed E-state index contributed by atoms with van der Waals surface area (Å²) in [5, 5.41) is 23.8. The number of carbonyl (C=O) groups is 2. The van der Waals surface area contributed by atoms with E-state index >= 15 is 0 Å². The van der Waals surface area contributed by atoms with Crippen LogP contribution in [0, 0.1) is 0 Å². The number of rotatable bonds is 7. The summed E-state index contributed by atoms with van der Waals surface area (Å²) >= 11 is 0. The minimum atomic E-state index is -0.416. The summed E-state index contributed by atoms with van der Waals surface area (Å²) in [6.45, 7) is 5.94. The van der Waals surface area contributed by atoms with Crippen molar-refractivity contribution in [2.24, 2.45) is 0 Å². The van der Waals surface area contributed by atoms with Crippen molar-refractivity contribution in [3.63, 3.8) is 0 Å². The second-order valence-electron chi connectivity index (χ2n) is 8.45. The van der Waals surface area contributed by atoms with E-state index in [0.717, 1.165) is 11.1 Å². The number of nitrogens with zero attached hydrogens (tertiary/aromatic N) is 6. The summed E-state index contributed by atoms with van der Waals surface area (Å²) < 4.78 is 12.2. The van der Waals surface area contributed by atoms with Gasteiger partial charge in [-0.3, -0.25) is 9.69 Å². The first-order chi connectivity index (χ1) is 16.8. The van der Waals surface area contributed by atoms with E-state index < -0.39 is 12.0 Å². The molecule has 1 aromatic carbocycles. The zero-order chi connectivity index (χ0) is 25.1. The smallest absolute Gasteiger partial charge is 0.410 e. The number of hydrogen-bond donors (Lipinski definition) is 2. The molecule has 3 heterocycles. The van der Waals surface area contributed by atoms with E-state index in [2.05, 4.69) is 25.8 Å². The van der Waals surface area contributed by atoms with Crippen LogP contribution in [-0.2, 0) is 17.8 Å². The fraction of sp³-hybridized carbons (Fsp3) is 0.391. The second-order valence-corrected chi connectivity index (χ2v) is 8.45. The fourth-order valence-corrected chi connectivity index (χ4v) is 3.73. The molecule has 0 spiro atoms. The van der Waals surface area contributed by atoms with Crippen molar-refractivity contribution in [1.82, 2.24) is 30.1 Å². The number of methoxy groups -OCH3 is 1. The molecule has 2 N–H and O–H groups in total. The van der Waals surface area contributed by atoms with Gasteiger partial charge in [0, 0.05) is 13.1 Å². The molecule has 1 atom stereocenters. The largest absolute Gasteiger partial charge is 0.496 e. The first-order valence-electron chi connectivity index (χ1n) is 11.1. The Balaban J connectivity index is 1.55. The molecular weight excluding hydrogens is 454 g/mol. The lowest BCUT2D eigenvalue weighted by molar-refractivity contribution is 0.0760. The average Bonchev–Trinajstić information content (AvgIpc) is 3.49. The number of hydrogen-bond acceptors (Lipinski definition) is 9. The molecule has 4 rings (SSSR count). The van der Waals surface area contributed by atoms with Crippen molar-refractivity contribution < 1.29 is 24.2 Å². The Bertz CT molecular complexity index is 1240. The Kier molecular flexibility index (Phi) is 6.92. The van der Waals surface area contributed by atoms with Crippen LogP contribution in [0.5, 0.6) is 5.75 Å². The zero-order valence-corrected chi connectivity index (χ0v) is 19.9. The van der Waals surface area contributed by atoms with E-state index in [-0.39, 0.29) is 18.8 Å². The minimum absolute atomic E-state index is 0.140. The molecule has 0 aliphatic carbocycles. The molecule has 2 aromatic heterocycles. The molecule has 0 unspecified atom stereocenters. The second kappa shape index (κ2) is 10.1. The Morgan fingerprint density at radius 2 is 1.91 bits per heavy atom. The van der Waals surface area contributed by atoms with Crippen molar-refractivity contribution in [3.8, 4) is 17.3 Å². The SMILES string of the molecule is COc1cc2c(cc1C(=O)Nc1cccc(-c3nnnn3[C@H](C)CO)n1)CN(C(=O)OC(C)C)C2. The zero-order valence-electron chi connectivity index (χ0n) is 19.9. The maximum Gasteiger partial charge on any atom is 0.410 e. The predicted molar refractivity (Wildman–Crippen MR) is 125 cm³/mol. The number of ether oxygens (including phenoxy) is 2. The highest BCUT2D eigenvalue weighted by molar-refractivity contribution is 6.06. The topological polar surface area (TPSA) is 145 Å². The van der Waals surface area contributed by atoms with Gasteiger partial charge in [-0.2, -0.15) is 0 Å². The third-order valence-corrected chi connectivity index (χ3v) is 5.48. The van der Waals surface area contributed by atoms with Crippen molar-refractivity contribution in [3.05, 3.63) is 47.0 Å². The standard InChI is InChI=1S/C23H27N7O5/c1-13(2)35-23(33)29-10-15-8-17(19(34-4)9-16(15)11-29)22(32)25-20-7-5-6-18(24-20)21-26-27-28-30(21)14(3)12-31/h5-9,13-14,31H,10-12H2,1-4H3,(H,24,25,32)/t14-/m1/s1. The van der Waals surface area contributed by atoms with Gasteiger partial charge in [0.05, 0.1) is 31.4 Å². The van der Waals surface area contributed by atoms with Gasteiger partial charge in [-0.05, 0) is 66.6 Å². The number of tetrazole rings is 1. The van der Waals surface area contributed by atoms with E-state index in [9.17, 15) is 14.7 Å². The molecule has 0 bridgehead atoms. The number of benzene rings is 1. The summed E-state index contributed by atoms with van der Waals surface area (Å²) in [7, 11) is 1.49. The van der Waals surface area contributed by atoms with Gasteiger partial charge in [0.15, 0.2) is 0 Å². The maximum absolute atomic E-state index is 13.2. The average molecular weight is 482 g/mol. The normalized spacial score (nSPS) is 13.5. The van der Waals surface area contributed by atoms with E-state index in [1.807, 2.05) is 0 Å². The molecule has 0 saturated carbocycles. The van der Waals surface area contributed by atoms with Gasteiger partial charge in [-0.1, -0.05) is 6.07 Å². The third kappa shape index (κ3) is 5.06. The first-order valence-corrected chi connectivity index (χ1v) is 11.1. The molecule has 12 nitrogen and oxygen atoms in total. The van der Waals surface area contributed by atoms with Gasteiger partial charge in [-0.15, -0.1) is 5.10 Å². The number of nitrogens with one attached hydrogen (secondary N) is 1. The van der Waals surface area contributed by atoms with Gasteiger partial charge in [0.25, 0.3) is 5.91 Å². The molecule has 1 aliphatic heterocycles. The Morgan fingerprint density at radius 3 is 2.60 bits per heavy atom. The van der Waals surface area contributed by atoms with E-state index in [0.29, 0.717) is 41.7 Å². The maximum atomic E-state index is 13.2. The monoisotopic (exact) mass is 481 g/mol. The molecule has 35 heavy (non-hydrogen) atoms. The molecule has 0 saturated heterocycles. The number of amides is 2. The molecule has 184 valence electrons. The van der Waals surface area contributed by atoms with E-state index in [1.54, 1.807) is 56.0 Å².